The molecule has 1 aliphatic heterocycles. The fourth-order valence-electron chi connectivity index (χ4n) is 3.17. The molecule has 144 valence electrons. The molecule has 6 heteroatoms. The number of benzene rings is 1. The first kappa shape index (κ1) is 19.1. The van der Waals surface area contributed by atoms with Crippen molar-refractivity contribution in [3.63, 3.8) is 0 Å². The molecule has 1 saturated heterocycles. The number of carbonyl (C=O) groups excluding carboxylic acids is 1. The molecule has 1 aromatic carbocycles. The Labute approximate surface area is 161 Å². The van der Waals surface area contributed by atoms with Crippen LogP contribution in [0.4, 0.5) is 11.6 Å². The zero-order valence-corrected chi connectivity index (χ0v) is 16.2. The maximum Gasteiger partial charge on any atom is 0.262 e. The Bertz CT molecular complexity index is 753. The lowest BCUT2D eigenvalue weighted by atomic mass is 10.1. The summed E-state index contributed by atoms with van der Waals surface area (Å²) >= 11 is 0. The van der Waals surface area contributed by atoms with Crippen LogP contribution in [0.15, 0.2) is 30.3 Å². The highest BCUT2D eigenvalue weighted by atomic mass is 16.5. The molecule has 0 unspecified atom stereocenters. The molecule has 3 rings (SSSR count). The predicted molar refractivity (Wildman–Crippen MR) is 107 cm³/mol. The number of amides is 1. The maximum absolute atomic E-state index is 12.2. The van der Waals surface area contributed by atoms with Gasteiger partial charge in [-0.3, -0.25) is 4.79 Å². The molecule has 0 aliphatic carbocycles. The summed E-state index contributed by atoms with van der Waals surface area (Å²) in [6.45, 7) is 5.88. The van der Waals surface area contributed by atoms with Gasteiger partial charge in [0.15, 0.2) is 6.61 Å². The van der Waals surface area contributed by atoms with Gasteiger partial charge in [0.05, 0.1) is 0 Å². The van der Waals surface area contributed by atoms with Crippen molar-refractivity contribution in [2.75, 3.05) is 29.9 Å². The molecule has 0 radical (unpaired) electrons. The largest absolute Gasteiger partial charge is 0.467 e. The minimum absolute atomic E-state index is 0.0780. The van der Waals surface area contributed by atoms with E-state index in [1.807, 2.05) is 31.2 Å². The van der Waals surface area contributed by atoms with Crippen LogP contribution in [0.2, 0.25) is 0 Å². The van der Waals surface area contributed by atoms with Crippen LogP contribution in [0.5, 0.6) is 5.88 Å². The van der Waals surface area contributed by atoms with Crippen LogP contribution >= 0.6 is 0 Å². The van der Waals surface area contributed by atoms with E-state index in [1.165, 1.54) is 18.4 Å². The lowest BCUT2D eigenvalue weighted by Crippen LogP contribution is -2.26. The molecular weight excluding hydrogens is 340 g/mol. The van der Waals surface area contributed by atoms with E-state index in [1.54, 1.807) is 6.07 Å². The van der Waals surface area contributed by atoms with Gasteiger partial charge < -0.3 is 15.0 Å². The molecule has 2 aromatic rings. The van der Waals surface area contributed by atoms with Crippen molar-refractivity contribution in [3.05, 3.63) is 41.6 Å². The highest BCUT2D eigenvalue weighted by Crippen LogP contribution is 2.19. The summed E-state index contributed by atoms with van der Waals surface area (Å²) in [7, 11) is 0. The van der Waals surface area contributed by atoms with Crippen molar-refractivity contribution in [3.8, 4) is 5.88 Å². The average molecular weight is 368 g/mol. The van der Waals surface area contributed by atoms with Gasteiger partial charge in [-0.2, -0.15) is 4.98 Å². The Kier molecular flexibility index (Phi) is 6.63. The average Bonchev–Trinajstić information content (AvgIpc) is 2.96. The molecule has 1 fully saturated rings. The van der Waals surface area contributed by atoms with Gasteiger partial charge in [0.1, 0.15) is 0 Å². The van der Waals surface area contributed by atoms with Crippen LogP contribution in [-0.4, -0.2) is 35.6 Å². The maximum atomic E-state index is 12.2. The number of aromatic nitrogens is 2. The van der Waals surface area contributed by atoms with Gasteiger partial charge >= 0.3 is 0 Å². The number of carbonyl (C=O) groups is 1. The first-order valence-corrected chi connectivity index (χ1v) is 9.76. The van der Waals surface area contributed by atoms with Crippen molar-refractivity contribution in [2.45, 2.75) is 46.0 Å². The highest BCUT2D eigenvalue weighted by Gasteiger charge is 2.15. The molecule has 1 aromatic heterocycles. The van der Waals surface area contributed by atoms with Gasteiger partial charge in [-0.1, -0.05) is 31.9 Å². The molecule has 0 saturated carbocycles. The van der Waals surface area contributed by atoms with Crippen molar-refractivity contribution in [1.29, 1.82) is 0 Å². The Morgan fingerprint density at radius 1 is 1.11 bits per heavy atom. The zero-order chi connectivity index (χ0) is 19.1. The van der Waals surface area contributed by atoms with E-state index in [9.17, 15) is 4.79 Å². The summed E-state index contributed by atoms with van der Waals surface area (Å²) in [6, 6.07) is 9.60. The number of anilines is 2. The predicted octanol–water partition coefficient (Wildman–Crippen LogP) is 3.75. The normalized spacial score (nSPS) is 14.5. The van der Waals surface area contributed by atoms with Crippen LogP contribution in [0.1, 0.15) is 43.9 Å². The summed E-state index contributed by atoms with van der Waals surface area (Å²) in [4.78, 5) is 23.4. The molecular formula is C21H28N4O2. The second kappa shape index (κ2) is 9.35. The smallest absolute Gasteiger partial charge is 0.262 e. The van der Waals surface area contributed by atoms with Gasteiger partial charge in [0.2, 0.25) is 11.8 Å². The molecule has 0 atom stereocenters. The van der Waals surface area contributed by atoms with Crippen LogP contribution in [0, 0.1) is 6.92 Å². The van der Waals surface area contributed by atoms with E-state index in [0.29, 0.717) is 11.8 Å². The van der Waals surface area contributed by atoms with Crippen molar-refractivity contribution in [1.82, 2.24) is 9.97 Å². The summed E-state index contributed by atoms with van der Waals surface area (Å²) in [5.74, 6) is 0.938. The fraction of sp³-hybridized carbons (Fsp3) is 0.476. The molecule has 0 bridgehead atoms. The summed E-state index contributed by atoms with van der Waals surface area (Å²) in [5.41, 5.74) is 2.85. The van der Waals surface area contributed by atoms with Crippen molar-refractivity contribution >= 4 is 17.5 Å². The molecule has 0 spiro atoms. The highest BCUT2D eigenvalue weighted by molar-refractivity contribution is 5.91. The van der Waals surface area contributed by atoms with E-state index < -0.39 is 0 Å². The zero-order valence-electron chi connectivity index (χ0n) is 16.2. The van der Waals surface area contributed by atoms with Gasteiger partial charge in [0, 0.05) is 30.5 Å². The van der Waals surface area contributed by atoms with E-state index in [-0.39, 0.29) is 12.5 Å². The van der Waals surface area contributed by atoms with Crippen molar-refractivity contribution in [2.24, 2.45) is 0 Å². The fourth-order valence-corrected chi connectivity index (χ4v) is 3.17. The summed E-state index contributed by atoms with van der Waals surface area (Å²) in [6.07, 6.45) is 5.80. The minimum atomic E-state index is -0.202. The molecule has 1 amide bonds. The topological polar surface area (TPSA) is 67.3 Å². The first-order valence-electron chi connectivity index (χ1n) is 9.76. The molecule has 27 heavy (non-hydrogen) atoms. The Balaban J connectivity index is 1.58. The first-order chi connectivity index (χ1) is 13.1. The van der Waals surface area contributed by atoms with Gasteiger partial charge in [-0.25, -0.2) is 4.98 Å². The van der Waals surface area contributed by atoms with Gasteiger partial charge in [-0.05, 0) is 43.9 Å². The standard InChI is InChI=1S/C21H28N4O2/c1-3-17-8-10-18(11-9-17)23-19(26)15-27-20-14-16(2)22-21(24-20)25-12-6-4-5-7-13-25/h8-11,14H,3-7,12-13,15H2,1-2H3,(H,23,26). The van der Waals surface area contributed by atoms with E-state index >= 15 is 0 Å². The SMILES string of the molecule is CCc1ccc(NC(=O)COc2cc(C)nc(N3CCCCCC3)n2)cc1. The number of nitrogens with one attached hydrogen (secondary N) is 1. The lowest BCUT2D eigenvalue weighted by molar-refractivity contribution is -0.118. The molecule has 6 nitrogen and oxygen atoms in total. The van der Waals surface area contributed by atoms with Crippen LogP contribution in [-0.2, 0) is 11.2 Å². The number of ether oxygens (including phenoxy) is 1. The Hall–Kier alpha value is -2.63. The lowest BCUT2D eigenvalue weighted by Gasteiger charge is -2.21. The quantitative estimate of drug-likeness (QED) is 0.841. The van der Waals surface area contributed by atoms with Crippen LogP contribution in [0.3, 0.4) is 0 Å². The summed E-state index contributed by atoms with van der Waals surface area (Å²) in [5, 5.41) is 2.85. The third-order valence-corrected chi connectivity index (χ3v) is 4.70. The number of nitrogens with zero attached hydrogens (tertiary/aromatic N) is 3. The number of aryl methyl sites for hydroxylation is 2. The molecule has 1 N–H and O–H groups in total. The monoisotopic (exact) mass is 368 g/mol. The van der Waals surface area contributed by atoms with Crippen LogP contribution in [0.25, 0.3) is 0 Å². The Morgan fingerprint density at radius 2 is 1.81 bits per heavy atom. The van der Waals surface area contributed by atoms with Gasteiger partial charge in [-0.15, -0.1) is 0 Å². The van der Waals surface area contributed by atoms with E-state index in [4.69, 9.17) is 4.74 Å². The number of rotatable bonds is 6. The summed E-state index contributed by atoms with van der Waals surface area (Å²) < 4.78 is 5.64. The molecule has 2 heterocycles. The van der Waals surface area contributed by atoms with Crippen molar-refractivity contribution < 1.29 is 9.53 Å². The van der Waals surface area contributed by atoms with Crippen LogP contribution < -0.4 is 15.0 Å². The Morgan fingerprint density at radius 3 is 2.48 bits per heavy atom. The van der Waals surface area contributed by atoms with E-state index in [0.717, 1.165) is 43.7 Å². The second-order valence-electron chi connectivity index (χ2n) is 6.94. The number of hydrogen-bond acceptors (Lipinski definition) is 5. The van der Waals surface area contributed by atoms with Gasteiger partial charge in [0.25, 0.3) is 5.91 Å². The number of hydrogen-bond donors (Lipinski definition) is 1. The minimum Gasteiger partial charge on any atom is -0.467 e. The third kappa shape index (κ3) is 5.67. The third-order valence-electron chi connectivity index (χ3n) is 4.70. The second-order valence-corrected chi connectivity index (χ2v) is 6.94. The molecule has 1 aliphatic rings. The van der Waals surface area contributed by atoms with E-state index in [2.05, 4.69) is 27.1 Å².